The second-order valence-electron chi connectivity index (χ2n) is 19.1. The first-order chi connectivity index (χ1) is 35.6. The highest BCUT2D eigenvalue weighted by Gasteiger charge is 2.13. The van der Waals surface area contributed by atoms with Crippen LogP contribution in [0.5, 0.6) is 11.5 Å². The van der Waals surface area contributed by atoms with Gasteiger partial charge in [-0.05, 0) is 142 Å². The highest BCUT2D eigenvalue weighted by Crippen LogP contribution is 2.30. The van der Waals surface area contributed by atoms with Crippen LogP contribution in [0, 0.1) is 0 Å². The Bertz CT molecular complexity index is 2040. The maximum absolute atomic E-state index is 12.3. The number of fused-ring (bicyclic) bond motifs is 2. The molecule has 0 aliphatic heterocycles. The number of nitrogens with one attached hydrogen (secondary N) is 9. The number of anilines is 2. The topological polar surface area (TPSA) is 221 Å². The molecule has 4 rings (SSSR count). The van der Waals surface area contributed by atoms with E-state index in [0.717, 1.165) is 135 Å². The lowest BCUT2D eigenvalue weighted by atomic mass is 10.1. The molecule has 0 fully saturated rings. The van der Waals surface area contributed by atoms with Crippen molar-refractivity contribution in [2.75, 3.05) is 90.3 Å². The van der Waals surface area contributed by atoms with Gasteiger partial charge in [-0.2, -0.15) is 0 Å². The molecule has 0 saturated heterocycles. The Labute approximate surface area is 435 Å². The number of carbonyl (C=O) groups is 4. The average Bonchev–Trinajstić information content (AvgIpc) is 3.39. The molecule has 4 amide bonds. The van der Waals surface area contributed by atoms with Crippen LogP contribution in [0.15, 0.2) is 60.9 Å². The molecule has 0 radical (unpaired) electrons. The van der Waals surface area contributed by atoms with Crippen LogP contribution in [-0.2, 0) is 19.2 Å². The summed E-state index contributed by atoms with van der Waals surface area (Å²) in [6.45, 7) is 12.4. The molecule has 0 saturated carbocycles. The van der Waals surface area contributed by atoms with Gasteiger partial charge in [0.1, 0.15) is 11.5 Å². The van der Waals surface area contributed by atoms with Gasteiger partial charge >= 0.3 is 0 Å². The third-order valence-electron chi connectivity index (χ3n) is 12.7. The van der Waals surface area contributed by atoms with E-state index in [4.69, 9.17) is 9.47 Å². The molecule has 404 valence electrons. The van der Waals surface area contributed by atoms with Crippen LogP contribution < -0.4 is 57.3 Å². The van der Waals surface area contributed by atoms with Gasteiger partial charge < -0.3 is 57.3 Å². The van der Waals surface area contributed by atoms with Gasteiger partial charge in [0.2, 0.25) is 23.6 Å². The van der Waals surface area contributed by atoms with Crippen molar-refractivity contribution in [3.63, 3.8) is 0 Å². The van der Waals surface area contributed by atoms with Crippen LogP contribution in [0.3, 0.4) is 0 Å². The molecule has 2 unspecified atom stereocenters. The molecule has 2 aromatic carbocycles. The van der Waals surface area contributed by atoms with Gasteiger partial charge in [-0.25, -0.2) is 0 Å². The standard InChI is InChI=1S/C56H89N11O6/c1-43(66-49-41-47(72-3)39-45-21-15-35-64-55(45)49)19-13-33-60-51(68)23-25-53(70)62-37-17-31-58-28-10-8-6-5-7-9-27-57-29-11-12-30-59-32-18-38-63-54(71)26-24-52(69)61-34-14-20-44(2)67-50-42-48(73-4)40-46-22-16-36-65-56(46)50/h15-16,21-22,35-36,39-44,57-59,66-67H,5-14,17-20,23-34,37-38H2,1-4H3,(H,60,68)(H,61,69)(H,62,70)(H,63,71). The number of benzene rings is 2. The molecule has 0 spiro atoms. The SMILES string of the molecule is COc1cc(NC(C)CCCNC(=O)CCC(=O)NCCCNCCCCCCCCNCCCCNCCCNC(=O)CCC(=O)NCCCC(C)Nc2cc(OC)cc3cccnc23)c2ncccc2c1. The zero-order valence-electron chi connectivity index (χ0n) is 44.6. The Morgan fingerprint density at radius 1 is 0.438 bits per heavy atom. The lowest BCUT2D eigenvalue weighted by Crippen LogP contribution is -2.30. The van der Waals surface area contributed by atoms with Crippen molar-refractivity contribution in [1.82, 2.24) is 47.2 Å². The normalized spacial score (nSPS) is 12.0. The Morgan fingerprint density at radius 3 is 1.14 bits per heavy atom. The molecular weight excluding hydrogens is 923 g/mol. The predicted octanol–water partition coefficient (Wildman–Crippen LogP) is 7.36. The fourth-order valence-corrected chi connectivity index (χ4v) is 8.50. The number of amides is 4. The summed E-state index contributed by atoms with van der Waals surface area (Å²) in [7, 11) is 3.32. The minimum atomic E-state index is -0.0977. The summed E-state index contributed by atoms with van der Waals surface area (Å²) in [6.07, 6.45) is 19.1. The quantitative estimate of drug-likeness (QED) is 0.0199. The monoisotopic (exact) mass is 1010 g/mol. The number of aromatic nitrogens is 2. The molecule has 2 aromatic heterocycles. The number of carbonyl (C=O) groups excluding carboxylic acids is 4. The number of unbranched alkanes of at least 4 members (excludes halogenated alkanes) is 6. The molecule has 73 heavy (non-hydrogen) atoms. The molecule has 2 heterocycles. The third kappa shape index (κ3) is 26.1. The second-order valence-corrected chi connectivity index (χ2v) is 19.1. The number of nitrogens with zero attached hydrogens (tertiary/aromatic N) is 2. The second kappa shape index (κ2) is 37.0. The lowest BCUT2D eigenvalue weighted by molar-refractivity contribution is -0.126. The van der Waals surface area contributed by atoms with Gasteiger partial charge in [-0.3, -0.25) is 29.1 Å². The highest BCUT2D eigenvalue weighted by atomic mass is 16.5. The molecule has 4 aromatic rings. The number of methoxy groups -OCH3 is 2. The van der Waals surface area contributed by atoms with E-state index in [-0.39, 0.29) is 61.4 Å². The number of ether oxygens (including phenoxy) is 2. The Morgan fingerprint density at radius 2 is 0.767 bits per heavy atom. The van der Waals surface area contributed by atoms with E-state index in [9.17, 15) is 19.2 Å². The van der Waals surface area contributed by atoms with E-state index in [1.807, 2.05) is 48.5 Å². The number of hydrogen-bond donors (Lipinski definition) is 9. The Hall–Kier alpha value is -5.78. The largest absolute Gasteiger partial charge is 0.497 e. The summed E-state index contributed by atoms with van der Waals surface area (Å²) in [5.41, 5.74) is 3.66. The smallest absolute Gasteiger partial charge is 0.220 e. The first kappa shape index (κ1) is 59.8. The lowest BCUT2D eigenvalue weighted by Gasteiger charge is -2.17. The van der Waals surface area contributed by atoms with E-state index in [1.54, 1.807) is 26.6 Å². The summed E-state index contributed by atoms with van der Waals surface area (Å²) in [5, 5.41) is 31.4. The third-order valence-corrected chi connectivity index (χ3v) is 12.7. The van der Waals surface area contributed by atoms with Crippen LogP contribution in [0.25, 0.3) is 21.8 Å². The molecule has 0 aliphatic carbocycles. The van der Waals surface area contributed by atoms with Crippen molar-refractivity contribution in [2.24, 2.45) is 0 Å². The average molecular weight is 1010 g/mol. The summed E-state index contributed by atoms with van der Waals surface area (Å²) in [5.74, 6) is 1.20. The molecule has 17 heteroatoms. The Balaban J connectivity index is 0.815. The van der Waals surface area contributed by atoms with E-state index < -0.39 is 0 Å². The van der Waals surface area contributed by atoms with Gasteiger partial charge in [0.15, 0.2) is 0 Å². The zero-order valence-corrected chi connectivity index (χ0v) is 44.6. The van der Waals surface area contributed by atoms with Gasteiger partial charge in [0.05, 0.1) is 36.6 Å². The van der Waals surface area contributed by atoms with Crippen LogP contribution in [0.1, 0.15) is 129 Å². The van der Waals surface area contributed by atoms with Crippen LogP contribution in [0.4, 0.5) is 11.4 Å². The first-order valence-electron chi connectivity index (χ1n) is 27.2. The first-order valence-corrected chi connectivity index (χ1v) is 27.2. The zero-order chi connectivity index (χ0) is 52.1. The van der Waals surface area contributed by atoms with Crippen LogP contribution in [0.2, 0.25) is 0 Å². The van der Waals surface area contributed by atoms with Gasteiger partial charge in [-0.1, -0.05) is 37.8 Å². The maximum atomic E-state index is 12.3. The fraction of sp³-hybridized carbons (Fsp3) is 0.607. The van der Waals surface area contributed by atoms with Gasteiger partial charge in [0, 0.05) is 99.2 Å². The van der Waals surface area contributed by atoms with Gasteiger partial charge in [0.25, 0.3) is 0 Å². The van der Waals surface area contributed by atoms with E-state index in [2.05, 4.69) is 71.7 Å². The predicted molar refractivity (Wildman–Crippen MR) is 297 cm³/mol. The minimum absolute atomic E-state index is 0.0820. The maximum Gasteiger partial charge on any atom is 0.220 e. The minimum Gasteiger partial charge on any atom is -0.497 e. The molecule has 0 aliphatic rings. The van der Waals surface area contributed by atoms with Crippen molar-refractivity contribution in [3.8, 4) is 11.5 Å². The van der Waals surface area contributed by atoms with E-state index in [1.165, 1.54) is 38.5 Å². The van der Waals surface area contributed by atoms with Crippen molar-refractivity contribution >= 4 is 56.8 Å². The van der Waals surface area contributed by atoms with Crippen molar-refractivity contribution in [3.05, 3.63) is 60.9 Å². The molecule has 0 bridgehead atoms. The van der Waals surface area contributed by atoms with Crippen LogP contribution >= 0.6 is 0 Å². The van der Waals surface area contributed by atoms with Gasteiger partial charge in [-0.15, -0.1) is 0 Å². The number of rotatable bonds is 42. The van der Waals surface area contributed by atoms with E-state index in [0.29, 0.717) is 26.2 Å². The van der Waals surface area contributed by atoms with Crippen molar-refractivity contribution in [2.45, 2.75) is 142 Å². The number of hydrogen-bond acceptors (Lipinski definition) is 13. The van der Waals surface area contributed by atoms with Crippen molar-refractivity contribution in [1.29, 1.82) is 0 Å². The molecular formula is C56H89N11O6. The fourth-order valence-electron chi connectivity index (χ4n) is 8.50. The summed E-state index contributed by atoms with van der Waals surface area (Å²) >= 11 is 0. The van der Waals surface area contributed by atoms with Crippen LogP contribution in [-0.4, -0.2) is 125 Å². The van der Waals surface area contributed by atoms with E-state index >= 15 is 0 Å². The van der Waals surface area contributed by atoms with Crippen molar-refractivity contribution < 1.29 is 28.7 Å². The summed E-state index contributed by atoms with van der Waals surface area (Å²) < 4.78 is 10.9. The highest BCUT2D eigenvalue weighted by molar-refractivity contribution is 5.93. The summed E-state index contributed by atoms with van der Waals surface area (Å²) in [4.78, 5) is 58.1. The Kier molecular flexibility index (Phi) is 30.3. The molecule has 17 nitrogen and oxygen atoms in total. The molecule has 9 N–H and O–H groups in total. The number of pyridine rings is 2. The summed E-state index contributed by atoms with van der Waals surface area (Å²) in [6, 6.07) is 16.1. The molecule has 2 atom stereocenters.